The number of benzene rings is 2. The van der Waals surface area contributed by atoms with Gasteiger partial charge < -0.3 is 14.9 Å². The van der Waals surface area contributed by atoms with Gasteiger partial charge >= 0.3 is 5.97 Å². The number of rotatable bonds is 4. The Morgan fingerprint density at radius 1 is 0.944 bits per heavy atom. The van der Waals surface area contributed by atoms with Gasteiger partial charge in [-0.1, -0.05) is 12.1 Å². The molecule has 0 aliphatic rings. The second-order valence-corrected chi connectivity index (χ2v) is 3.73. The van der Waals surface area contributed by atoms with E-state index in [2.05, 4.69) is 0 Å². The van der Waals surface area contributed by atoms with Gasteiger partial charge in [-0.2, -0.15) is 0 Å². The van der Waals surface area contributed by atoms with Gasteiger partial charge in [-0.3, -0.25) is 0 Å². The minimum Gasteiger partial charge on any atom is -0.478 e. The van der Waals surface area contributed by atoms with E-state index in [0.29, 0.717) is 11.5 Å². The largest absolute Gasteiger partial charge is 0.478 e. The fourth-order valence-electron chi connectivity index (χ4n) is 1.46. The maximum absolute atomic E-state index is 10.7. The molecule has 2 rings (SSSR count). The Hall–Kier alpha value is -2.33. The predicted molar refractivity (Wildman–Crippen MR) is 65.8 cm³/mol. The lowest BCUT2D eigenvalue weighted by Crippen LogP contribution is -1.95. The first-order valence-electron chi connectivity index (χ1n) is 5.40. The molecule has 0 saturated carbocycles. The summed E-state index contributed by atoms with van der Waals surface area (Å²) in [6.45, 7) is -0.00636. The van der Waals surface area contributed by atoms with Crippen LogP contribution in [-0.4, -0.2) is 16.2 Å². The van der Waals surface area contributed by atoms with E-state index in [4.69, 9.17) is 14.9 Å². The molecule has 4 heteroatoms. The molecular formula is C14H12O4. The van der Waals surface area contributed by atoms with Gasteiger partial charge in [-0.25, -0.2) is 4.79 Å². The van der Waals surface area contributed by atoms with Crippen LogP contribution in [0.25, 0.3) is 0 Å². The number of carboxylic acid groups (broad SMARTS) is 1. The van der Waals surface area contributed by atoms with Crippen molar-refractivity contribution in [1.29, 1.82) is 0 Å². The van der Waals surface area contributed by atoms with Crippen LogP contribution in [0.2, 0.25) is 0 Å². The molecule has 0 amide bonds. The highest BCUT2D eigenvalue weighted by Crippen LogP contribution is 2.22. The predicted octanol–water partition coefficient (Wildman–Crippen LogP) is 2.67. The van der Waals surface area contributed by atoms with Gasteiger partial charge in [-0.15, -0.1) is 0 Å². The minimum atomic E-state index is -0.964. The van der Waals surface area contributed by atoms with E-state index in [1.54, 1.807) is 36.4 Å². The standard InChI is InChI=1S/C14H12O4/c15-9-10-1-5-12(6-2-10)18-13-7-3-11(4-8-13)14(16)17/h1-8,15H,9H2,(H,16,17). The molecule has 0 heterocycles. The first-order valence-corrected chi connectivity index (χ1v) is 5.40. The van der Waals surface area contributed by atoms with Gasteiger partial charge in [0, 0.05) is 0 Å². The Morgan fingerprint density at radius 2 is 1.44 bits per heavy atom. The monoisotopic (exact) mass is 244 g/mol. The molecule has 0 unspecified atom stereocenters. The Balaban J connectivity index is 2.10. The molecule has 0 aliphatic carbocycles. The Bertz CT molecular complexity index is 529. The quantitative estimate of drug-likeness (QED) is 0.867. The molecule has 0 bridgehead atoms. The molecule has 2 aromatic rings. The van der Waals surface area contributed by atoms with Crippen molar-refractivity contribution in [3.63, 3.8) is 0 Å². The Labute approximate surface area is 104 Å². The fourth-order valence-corrected chi connectivity index (χ4v) is 1.46. The van der Waals surface area contributed by atoms with E-state index < -0.39 is 5.97 Å². The van der Waals surface area contributed by atoms with Crippen molar-refractivity contribution in [2.45, 2.75) is 6.61 Å². The normalized spacial score (nSPS) is 10.1. The summed E-state index contributed by atoms with van der Waals surface area (Å²) in [5.41, 5.74) is 1.03. The van der Waals surface area contributed by atoms with Crippen LogP contribution in [0.5, 0.6) is 11.5 Å². The van der Waals surface area contributed by atoms with Crippen molar-refractivity contribution < 1.29 is 19.7 Å². The molecule has 0 radical (unpaired) electrons. The van der Waals surface area contributed by atoms with Crippen LogP contribution < -0.4 is 4.74 Å². The first kappa shape index (κ1) is 12.1. The first-order chi connectivity index (χ1) is 8.69. The molecule has 18 heavy (non-hydrogen) atoms. The minimum absolute atomic E-state index is 0.00636. The van der Waals surface area contributed by atoms with E-state index in [-0.39, 0.29) is 12.2 Å². The van der Waals surface area contributed by atoms with Crippen molar-refractivity contribution in [2.24, 2.45) is 0 Å². The summed E-state index contributed by atoms with van der Waals surface area (Å²) in [5, 5.41) is 17.7. The average molecular weight is 244 g/mol. The Kier molecular flexibility index (Phi) is 3.60. The number of aromatic carboxylic acids is 1. The molecule has 0 saturated heterocycles. The van der Waals surface area contributed by atoms with Crippen LogP contribution >= 0.6 is 0 Å². The molecule has 92 valence electrons. The molecule has 0 aliphatic heterocycles. The van der Waals surface area contributed by atoms with E-state index >= 15 is 0 Å². The third-order valence-corrected chi connectivity index (χ3v) is 2.44. The summed E-state index contributed by atoms with van der Waals surface area (Å²) in [5.74, 6) is 0.237. The maximum Gasteiger partial charge on any atom is 0.335 e. The number of aliphatic hydroxyl groups excluding tert-OH is 1. The van der Waals surface area contributed by atoms with Crippen molar-refractivity contribution in [1.82, 2.24) is 0 Å². The molecule has 2 N–H and O–H groups in total. The number of carbonyl (C=O) groups is 1. The van der Waals surface area contributed by atoms with Crippen molar-refractivity contribution in [3.05, 3.63) is 59.7 Å². The molecule has 2 aromatic carbocycles. The summed E-state index contributed by atoms with van der Waals surface area (Å²) in [6, 6.07) is 13.2. The maximum atomic E-state index is 10.7. The van der Waals surface area contributed by atoms with E-state index in [1.165, 1.54) is 12.1 Å². The lowest BCUT2D eigenvalue weighted by Gasteiger charge is -2.06. The Morgan fingerprint density at radius 3 is 1.89 bits per heavy atom. The molecule has 0 aromatic heterocycles. The zero-order valence-corrected chi connectivity index (χ0v) is 9.54. The van der Waals surface area contributed by atoms with Crippen molar-refractivity contribution >= 4 is 5.97 Å². The van der Waals surface area contributed by atoms with Crippen molar-refractivity contribution in [2.75, 3.05) is 0 Å². The molecule has 0 fully saturated rings. The van der Waals surface area contributed by atoms with Crippen LogP contribution in [0.1, 0.15) is 15.9 Å². The van der Waals surface area contributed by atoms with E-state index in [0.717, 1.165) is 5.56 Å². The highest BCUT2D eigenvalue weighted by molar-refractivity contribution is 5.87. The molecule has 0 atom stereocenters. The molecule has 0 spiro atoms. The van der Waals surface area contributed by atoms with E-state index in [9.17, 15) is 4.79 Å². The van der Waals surface area contributed by atoms with Crippen molar-refractivity contribution in [3.8, 4) is 11.5 Å². The highest BCUT2D eigenvalue weighted by Gasteiger charge is 2.03. The zero-order chi connectivity index (χ0) is 13.0. The van der Waals surface area contributed by atoms with Gasteiger partial charge in [0.1, 0.15) is 11.5 Å². The van der Waals surface area contributed by atoms with Crippen LogP contribution in [0.15, 0.2) is 48.5 Å². The van der Waals surface area contributed by atoms with Gasteiger partial charge in [0.15, 0.2) is 0 Å². The average Bonchev–Trinajstić information content (AvgIpc) is 2.40. The van der Waals surface area contributed by atoms with E-state index in [1.807, 2.05) is 0 Å². The second kappa shape index (κ2) is 5.33. The number of hydrogen-bond acceptors (Lipinski definition) is 3. The van der Waals surface area contributed by atoms with Crippen LogP contribution in [0.4, 0.5) is 0 Å². The third kappa shape index (κ3) is 2.87. The number of hydrogen-bond donors (Lipinski definition) is 2. The zero-order valence-electron chi connectivity index (χ0n) is 9.54. The summed E-state index contributed by atoms with van der Waals surface area (Å²) in [4.78, 5) is 10.7. The van der Waals surface area contributed by atoms with Gasteiger partial charge in [-0.05, 0) is 42.0 Å². The van der Waals surface area contributed by atoms with Crippen LogP contribution in [0.3, 0.4) is 0 Å². The lowest BCUT2D eigenvalue weighted by atomic mass is 10.2. The van der Waals surface area contributed by atoms with Crippen LogP contribution in [0, 0.1) is 0 Å². The molecular weight excluding hydrogens is 232 g/mol. The smallest absolute Gasteiger partial charge is 0.335 e. The molecule has 4 nitrogen and oxygen atoms in total. The SMILES string of the molecule is O=C(O)c1ccc(Oc2ccc(CO)cc2)cc1. The fraction of sp³-hybridized carbons (Fsp3) is 0.0714. The lowest BCUT2D eigenvalue weighted by molar-refractivity contribution is 0.0697. The summed E-state index contributed by atoms with van der Waals surface area (Å²) >= 11 is 0. The number of aliphatic hydroxyl groups is 1. The van der Waals surface area contributed by atoms with Gasteiger partial charge in [0.2, 0.25) is 0 Å². The number of carboxylic acids is 1. The van der Waals surface area contributed by atoms with Gasteiger partial charge in [0.25, 0.3) is 0 Å². The summed E-state index contributed by atoms with van der Waals surface area (Å²) in [6.07, 6.45) is 0. The summed E-state index contributed by atoms with van der Waals surface area (Å²) < 4.78 is 5.54. The van der Waals surface area contributed by atoms with Crippen LogP contribution in [-0.2, 0) is 6.61 Å². The topological polar surface area (TPSA) is 66.8 Å². The second-order valence-electron chi connectivity index (χ2n) is 3.73. The van der Waals surface area contributed by atoms with Gasteiger partial charge in [0.05, 0.1) is 12.2 Å². The third-order valence-electron chi connectivity index (χ3n) is 2.44. The number of ether oxygens (including phenoxy) is 1. The summed E-state index contributed by atoms with van der Waals surface area (Å²) in [7, 11) is 0. The highest BCUT2D eigenvalue weighted by atomic mass is 16.5.